The van der Waals surface area contributed by atoms with Crippen molar-refractivity contribution in [3.63, 3.8) is 0 Å². The van der Waals surface area contributed by atoms with Crippen molar-refractivity contribution in [2.75, 3.05) is 11.9 Å². The summed E-state index contributed by atoms with van der Waals surface area (Å²) in [6.07, 6.45) is 1.04. The quantitative estimate of drug-likeness (QED) is 0.920. The molecule has 2 aromatic rings. The third-order valence-electron chi connectivity index (χ3n) is 3.13. The van der Waals surface area contributed by atoms with Gasteiger partial charge in [0.15, 0.2) is 5.82 Å². The van der Waals surface area contributed by atoms with E-state index in [1.807, 2.05) is 26.8 Å². The minimum Gasteiger partial charge on any atom is -0.370 e. The maximum Gasteiger partial charge on any atom is 0.307 e. The predicted molar refractivity (Wildman–Crippen MR) is 82.7 cm³/mol. The number of nitrogens with one attached hydrogen (secondary N) is 1. The number of anilines is 1. The average molecular weight is 292 g/mol. The average Bonchev–Trinajstić information content (AvgIpc) is 2.62. The molecule has 0 aliphatic heterocycles. The van der Waals surface area contributed by atoms with Crippen LogP contribution in [0.2, 0.25) is 0 Å². The molecule has 0 amide bonds. The van der Waals surface area contributed by atoms with Crippen LogP contribution >= 0.6 is 11.3 Å². The molecule has 2 rings (SSSR count). The Morgan fingerprint density at radius 3 is 2.65 bits per heavy atom. The third kappa shape index (κ3) is 3.25. The van der Waals surface area contributed by atoms with Crippen LogP contribution in [0.4, 0.5) is 5.82 Å². The van der Waals surface area contributed by atoms with Gasteiger partial charge in [0.05, 0.1) is 6.54 Å². The lowest BCUT2D eigenvalue weighted by Gasteiger charge is -2.09. The van der Waals surface area contributed by atoms with Crippen LogP contribution < -0.4 is 10.2 Å². The minimum absolute atomic E-state index is 0.0492. The van der Waals surface area contributed by atoms with Crippen molar-refractivity contribution < 1.29 is 0 Å². The van der Waals surface area contributed by atoms with E-state index in [0.717, 1.165) is 35.0 Å². The zero-order valence-electron chi connectivity index (χ0n) is 12.4. The molecule has 0 bridgehead atoms. The summed E-state index contributed by atoms with van der Waals surface area (Å²) in [5.41, 5.74) is 1.90. The molecule has 0 radical (unpaired) electrons. The van der Waals surface area contributed by atoms with Crippen LogP contribution in [0.15, 0.2) is 10.9 Å². The molecular formula is C14H20N4OS. The van der Waals surface area contributed by atoms with E-state index >= 15 is 0 Å². The Bertz CT molecular complexity index is 660. The smallest absolute Gasteiger partial charge is 0.307 e. The first kappa shape index (κ1) is 14.7. The van der Waals surface area contributed by atoms with E-state index in [2.05, 4.69) is 22.2 Å². The normalized spacial score (nSPS) is 10.8. The number of hydrogen-bond donors (Lipinski definition) is 1. The topological polar surface area (TPSA) is 59.8 Å². The lowest BCUT2D eigenvalue weighted by atomic mass is 10.3. The molecule has 0 aromatic carbocycles. The van der Waals surface area contributed by atoms with Gasteiger partial charge in [-0.1, -0.05) is 18.3 Å². The second-order valence-electron chi connectivity index (χ2n) is 4.83. The summed E-state index contributed by atoms with van der Waals surface area (Å²) in [5, 5.41) is 3.26. The summed E-state index contributed by atoms with van der Waals surface area (Å²) in [6.45, 7) is 9.28. The van der Waals surface area contributed by atoms with E-state index in [4.69, 9.17) is 0 Å². The van der Waals surface area contributed by atoms with Crippen LogP contribution in [0.25, 0.3) is 0 Å². The number of aromatic nitrogens is 3. The number of rotatable bonds is 5. The fourth-order valence-corrected chi connectivity index (χ4v) is 2.79. The van der Waals surface area contributed by atoms with Crippen LogP contribution in [-0.4, -0.2) is 21.1 Å². The molecule has 6 heteroatoms. The van der Waals surface area contributed by atoms with Crippen LogP contribution in [0.5, 0.6) is 0 Å². The summed E-state index contributed by atoms with van der Waals surface area (Å²) in [6, 6.07) is 1.92. The van der Waals surface area contributed by atoms with Crippen molar-refractivity contribution in [1.29, 1.82) is 0 Å². The van der Waals surface area contributed by atoms with E-state index in [1.165, 1.54) is 11.3 Å². The Morgan fingerprint density at radius 2 is 2.05 bits per heavy atom. The third-order valence-corrected chi connectivity index (χ3v) is 4.13. The Kier molecular flexibility index (Phi) is 4.54. The first-order chi connectivity index (χ1) is 9.51. The standard InChI is InChI=1S/C14H20N4OS/c1-5-6-15-12-7-9(2)16-13(17-12)8-18-10(3)11(4)20-14(18)19/h7H,5-6,8H2,1-4H3,(H,15,16,17). The van der Waals surface area contributed by atoms with Crippen LogP contribution in [0, 0.1) is 20.8 Å². The highest BCUT2D eigenvalue weighted by molar-refractivity contribution is 7.09. The van der Waals surface area contributed by atoms with Gasteiger partial charge in [0.2, 0.25) is 0 Å². The molecule has 2 heterocycles. The van der Waals surface area contributed by atoms with Crippen LogP contribution in [-0.2, 0) is 6.54 Å². The Balaban J connectivity index is 2.29. The first-order valence-electron chi connectivity index (χ1n) is 6.76. The lowest BCUT2D eigenvalue weighted by Crippen LogP contribution is -2.18. The lowest BCUT2D eigenvalue weighted by molar-refractivity contribution is 0.705. The van der Waals surface area contributed by atoms with E-state index < -0.39 is 0 Å². The Labute approximate surface area is 122 Å². The molecule has 0 aliphatic rings. The molecule has 2 aromatic heterocycles. The van der Waals surface area contributed by atoms with Gasteiger partial charge < -0.3 is 5.32 Å². The second kappa shape index (κ2) is 6.17. The molecule has 0 fully saturated rings. The highest BCUT2D eigenvalue weighted by Gasteiger charge is 2.10. The molecule has 0 unspecified atom stereocenters. The molecule has 108 valence electrons. The SMILES string of the molecule is CCCNc1cc(C)nc(Cn2c(C)c(C)sc2=O)n1. The van der Waals surface area contributed by atoms with Gasteiger partial charge in [-0.2, -0.15) is 0 Å². The highest BCUT2D eigenvalue weighted by atomic mass is 32.1. The van der Waals surface area contributed by atoms with Gasteiger partial charge in [-0.25, -0.2) is 9.97 Å². The predicted octanol–water partition coefficient (Wildman–Crippen LogP) is 2.50. The summed E-state index contributed by atoms with van der Waals surface area (Å²) < 4.78 is 1.73. The van der Waals surface area contributed by atoms with Crippen molar-refractivity contribution in [1.82, 2.24) is 14.5 Å². The molecule has 20 heavy (non-hydrogen) atoms. The Morgan fingerprint density at radius 1 is 1.30 bits per heavy atom. The molecule has 0 saturated carbocycles. The minimum atomic E-state index is 0.0492. The van der Waals surface area contributed by atoms with Gasteiger partial charge >= 0.3 is 4.87 Å². The molecular weight excluding hydrogens is 272 g/mol. The second-order valence-corrected chi connectivity index (χ2v) is 6.00. The Hall–Kier alpha value is -1.69. The first-order valence-corrected chi connectivity index (χ1v) is 7.58. The largest absolute Gasteiger partial charge is 0.370 e. The van der Waals surface area contributed by atoms with Gasteiger partial charge in [0.1, 0.15) is 5.82 Å². The summed E-state index contributed by atoms with van der Waals surface area (Å²) >= 11 is 1.27. The molecule has 5 nitrogen and oxygen atoms in total. The maximum absolute atomic E-state index is 11.9. The maximum atomic E-state index is 11.9. The fourth-order valence-electron chi connectivity index (χ4n) is 1.96. The monoisotopic (exact) mass is 292 g/mol. The van der Waals surface area contributed by atoms with E-state index in [1.54, 1.807) is 4.57 Å². The van der Waals surface area contributed by atoms with Crippen LogP contribution in [0.1, 0.15) is 35.4 Å². The van der Waals surface area contributed by atoms with E-state index in [0.29, 0.717) is 12.4 Å². The summed E-state index contributed by atoms with van der Waals surface area (Å²) in [4.78, 5) is 21.9. The molecule has 0 saturated heterocycles. The van der Waals surface area contributed by atoms with Crippen molar-refractivity contribution >= 4 is 17.2 Å². The molecule has 1 N–H and O–H groups in total. The van der Waals surface area contributed by atoms with E-state index in [9.17, 15) is 4.79 Å². The molecule has 0 aliphatic carbocycles. The summed E-state index contributed by atoms with van der Waals surface area (Å²) in [7, 11) is 0. The molecule has 0 spiro atoms. The van der Waals surface area contributed by atoms with Crippen molar-refractivity contribution in [3.05, 3.63) is 37.8 Å². The van der Waals surface area contributed by atoms with E-state index in [-0.39, 0.29) is 4.87 Å². The zero-order valence-corrected chi connectivity index (χ0v) is 13.2. The highest BCUT2D eigenvalue weighted by Crippen LogP contribution is 2.12. The van der Waals surface area contributed by atoms with Gasteiger partial charge in [0, 0.05) is 28.9 Å². The van der Waals surface area contributed by atoms with Crippen molar-refractivity contribution in [3.8, 4) is 0 Å². The van der Waals surface area contributed by atoms with Gasteiger partial charge in [-0.05, 0) is 27.2 Å². The van der Waals surface area contributed by atoms with Crippen molar-refractivity contribution in [2.24, 2.45) is 0 Å². The fraction of sp³-hybridized carbons (Fsp3) is 0.500. The summed E-state index contributed by atoms with van der Waals surface area (Å²) in [5.74, 6) is 1.50. The van der Waals surface area contributed by atoms with Gasteiger partial charge in [0.25, 0.3) is 0 Å². The number of aryl methyl sites for hydroxylation is 2. The van der Waals surface area contributed by atoms with Crippen molar-refractivity contribution in [2.45, 2.75) is 40.7 Å². The number of thiazole rings is 1. The number of hydrogen-bond acceptors (Lipinski definition) is 5. The van der Waals surface area contributed by atoms with Gasteiger partial charge in [-0.15, -0.1) is 0 Å². The number of nitrogens with zero attached hydrogens (tertiary/aromatic N) is 3. The van der Waals surface area contributed by atoms with Gasteiger partial charge in [-0.3, -0.25) is 9.36 Å². The van der Waals surface area contributed by atoms with Crippen LogP contribution in [0.3, 0.4) is 0 Å². The zero-order chi connectivity index (χ0) is 14.7. The molecule has 0 atom stereocenters.